The summed E-state index contributed by atoms with van der Waals surface area (Å²) in [5.74, 6) is -3.65. The van der Waals surface area contributed by atoms with Crippen molar-refractivity contribution in [2.45, 2.75) is 0 Å². The van der Waals surface area contributed by atoms with Gasteiger partial charge in [-0.15, -0.1) is 0 Å². The Morgan fingerprint density at radius 2 is 1.12 bits per heavy atom. The summed E-state index contributed by atoms with van der Waals surface area (Å²) in [6, 6.07) is 0. The molecule has 0 bridgehead atoms. The molecule has 0 unspecified atom stereocenters. The second-order valence-corrected chi connectivity index (χ2v) is 0.610. The summed E-state index contributed by atoms with van der Waals surface area (Å²) < 4.78 is 8.25. The molecule has 0 spiro atoms. The van der Waals surface area contributed by atoms with E-state index < -0.39 is 11.9 Å². The van der Waals surface area contributed by atoms with Crippen LogP contribution in [0.2, 0.25) is 0 Å². The summed E-state index contributed by atoms with van der Waals surface area (Å²) in [6.07, 6.45) is 0. The van der Waals surface area contributed by atoms with Gasteiger partial charge in [-0.25, -0.2) is 9.59 Å². The number of carboxylic acid groups (broad SMARTS) is 2. The monoisotopic (exact) mass is 154 g/mol. The Morgan fingerprint density at radius 3 is 1.12 bits per heavy atom. The van der Waals surface area contributed by atoms with Crippen LogP contribution in [0.1, 0.15) is 0 Å². The van der Waals surface area contributed by atoms with Gasteiger partial charge in [-0.3, -0.25) is 0 Å². The van der Waals surface area contributed by atoms with Gasteiger partial charge < -0.3 is 10.2 Å². The van der Waals surface area contributed by atoms with E-state index in [2.05, 4.69) is 0 Å². The van der Waals surface area contributed by atoms with Crippen LogP contribution >= 0.6 is 0 Å². The normalized spacial score (nSPS) is 5.88. The molecule has 0 saturated heterocycles. The molecule has 0 aliphatic carbocycles. The van der Waals surface area contributed by atoms with Crippen LogP contribution in [-0.2, 0) is 33.3 Å². The zero-order chi connectivity index (χ0) is 7.15. The van der Waals surface area contributed by atoms with Crippen LogP contribution in [0.15, 0.2) is 0 Å². The van der Waals surface area contributed by atoms with Gasteiger partial charge in [-0.1, -0.05) is 0 Å². The van der Waals surface area contributed by atoms with Gasteiger partial charge in [0.25, 0.3) is 0 Å². The summed E-state index contributed by atoms with van der Waals surface area (Å²) in [4.78, 5) is 18.2. The molecule has 0 amide bonds. The van der Waals surface area contributed by atoms with Crippen molar-refractivity contribution in [1.82, 2.24) is 0 Å². The Hall–Kier alpha value is -0.546. The molecule has 0 aromatic carbocycles. The zero-order valence-electron chi connectivity index (χ0n) is 3.62. The molecule has 0 aromatic heterocycles. The van der Waals surface area contributed by atoms with Gasteiger partial charge >= 0.3 is 35.7 Å². The van der Waals surface area contributed by atoms with Crippen LogP contribution < -0.4 is 0 Å². The number of rotatable bonds is 0. The van der Waals surface area contributed by atoms with Crippen molar-refractivity contribution in [3.05, 3.63) is 0 Å². The molecule has 0 atom stereocenters. The van der Waals surface area contributed by atoms with Crippen LogP contribution in [0.5, 0.6) is 0 Å². The van der Waals surface area contributed by atoms with Crippen molar-refractivity contribution in [2.75, 3.05) is 0 Å². The molecule has 0 aliphatic rings. The number of aliphatic carboxylic acids is 2. The van der Waals surface area contributed by atoms with E-state index in [4.69, 9.17) is 23.1 Å². The van der Waals surface area contributed by atoms with Crippen LogP contribution in [0.4, 0.5) is 0 Å². The fraction of sp³-hybridized carbons (Fsp3) is 0. The molecule has 0 rings (SSSR count). The first kappa shape index (κ1) is 10.4. The summed E-state index contributed by atoms with van der Waals surface area (Å²) in [6.45, 7) is 0. The van der Waals surface area contributed by atoms with Gasteiger partial charge in [0.15, 0.2) is 0 Å². The number of hydrogen-bond acceptors (Lipinski definition) is 3. The van der Waals surface area contributed by atoms with Gasteiger partial charge in [0.2, 0.25) is 0 Å². The van der Waals surface area contributed by atoms with E-state index in [1.165, 1.54) is 0 Å². The van der Waals surface area contributed by atoms with Crippen molar-refractivity contribution < 1.29 is 43.5 Å². The first-order valence-corrected chi connectivity index (χ1v) is 1.95. The molecule has 5 nitrogen and oxygen atoms in total. The maximum atomic E-state index is 9.10. The molecule has 0 heterocycles. The van der Waals surface area contributed by atoms with E-state index in [-0.39, 0.29) is 0 Å². The molecular weight excluding hydrogens is 152 g/mol. The van der Waals surface area contributed by atoms with Crippen molar-refractivity contribution in [1.29, 1.82) is 0 Å². The van der Waals surface area contributed by atoms with Crippen LogP contribution in [0, 0.1) is 0 Å². The van der Waals surface area contributed by atoms with E-state index >= 15 is 0 Å². The van der Waals surface area contributed by atoms with Gasteiger partial charge in [0, 0.05) is 0 Å². The molecule has 6 heteroatoms. The molecule has 0 saturated carbocycles. The van der Waals surface area contributed by atoms with Gasteiger partial charge in [-0.2, -0.15) is 0 Å². The third-order valence-electron chi connectivity index (χ3n) is 0.183. The Balaban J connectivity index is 0. The van der Waals surface area contributed by atoms with Gasteiger partial charge in [0.05, 0.1) is 0 Å². The standard InChI is InChI=1S/C2H2O4.O.Ti/c3-1(4)2(5)6;;/h(H,3,4)(H,5,6);;. The average Bonchev–Trinajstić information content (AvgIpc) is 1.72. The Labute approximate surface area is 56.0 Å². The molecule has 0 fully saturated rings. The number of carboxylic acids is 2. The van der Waals surface area contributed by atoms with E-state index in [0.717, 1.165) is 20.4 Å². The second-order valence-electron chi connectivity index (χ2n) is 0.610. The van der Waals surface area contributed by atoms with Crippen molar-refractivity contribution in [2.24, 2.45) is 0 Å². The predicted octanol–water partition coefficient (Wildman–Crippen LogP) is -0.966. The van der Waals surface area contributed by atoms with Crippen molar-refractivity contribution in [3.63, 3.8) is 0 Å². The van der Waals surface area contributed by atoms with Crippen LogP contribution in [-0.4, -0.2) is 22.2 Å². The fourth-order valence-corrected chi connectivity index (χ4v) is 0. The second kappa shape index (κ2) is 6.45. The first-order valence-electron chi connectivity index (χ1n) is 1.31. The quantitative estimate of drug-likeness (QED) is 0.346. The minimum absolute atomic E-state index is 0.750. The predicted molar refractivity (Wildman–Crippen MR) is 16.0 cm³/mol. The van der Waals surface area contributed by atoms with E-state index in [1.807, 2.05) is 0 Å². The third-order valence-corrected chi connectivity index (χ3v) is 0.183. The summed E-state index contributed by atoms with van der Waals surface area (Å²) in [7, 11) is 0. The first-order chi connectivity index (χ1) is 3.64. The van der Waals surface area contributed by atoms with Crippen molar-refractivity contribution >= 4 is 11.9 Å². The van der Waals surface area contributed by atoms with Crippen LogP contribution in [0.25, 0.3) is 0 Å². The molecule has 44 valence electrons. The van der Waals surface area contributed by atoms with Gasteiger partial charge in [-0.05, 0) is 0 Å². The Bertz CT molecular complexity index is 86.6. The van der Waals surface area contributed by atoms with Gasteiger partial charge in [0.1, 0.15) is 0 Å². The van der Waals surface area contributed by atoms with E-state index in [1.54, 1.807) is 0 Å². The topological polar surface area (TPSA) is 91.7 Å². The van der Waals surface area contributed by atoms with E-state index in [9.17, 15) is 0 Å². The summed E-state index contributed by atoms with van der Waals surface area (Å²) in [5, 5.41) is 14.8. The zero-order valence-corrected chi connectivity index (χ0v) is 5.18. The SMILES string of the molecule is O=C(O)C(=O)O.[O]=[Ti]. The van der Waals surface area contributed by atoms with Crippen molar-refractivity contribution in [3.8, 4) is 0 Å². The fourth-order valence-electron chi connectivity index (χ4n) is 0. The minimum atomic E-state index is -1.82. The molecule has 0 aromatic rings. The molecule has 2 N–H and O–H groups in total. The number of carbonyl (C=O) groups is 2. The average molecular weight is 154 g/mol. The Morgan fingerprint density at radius 1 is 1.00 bits per heavy atom. The molecule has 0 radical (unpaired) electrons. The summed E-state index contributed by atoms with van der Waals surface area (Å²) >= 11 is 0.750. The molecular formula is C2H2O5Ti. The van der Waals surface area contributed by atoms with Crippen LogP contribution in [0.3, 0.4) is 0 Å². The maximum absolute atomic E-state index is 9.10. The molecule has 0 aliphatic heterocycles. The summed E-state index contributed by atoms with van der Waals surface area (Å²) in [5.41, 5.74) is 0. The van der Waals surface area contributed by atoms with E-state index in [0.29, 0.717) is 0 Å². The third kappa shape index (κ3) is 9.07. The number of hydrogen-bond donors (Lipinski definition) is 2. The Kier molecular flexibility index (Phi) is 8.42. The molecule has 8 heavy (non-hydrogen) atoms.